The van der Waals surface area contributed by atoms with Crippen LogP contribution < -0.4 is 4.74 Å². The fourth-order valence-corrected chi connectivity index (χ4v) is 2.18. The van der Waals surface area contributed by atoms with Crippen LogP contribution in [0.5, 0.6) is 11.5 Å². The van der Waals surface area contributed by atoms with Gasteiger partial charge in [-0.05, 0) is 24.3 Å². The number of carboxylic acids is 1. The fraction of sp³-hybridized carbons (Fsp3) is 0.0667. The van der Waals surface area contributed by atoms with Gasteiger partial charge in [-0.15, -0.1) is 0 Å². The molecule has 0 radical (unpaired) electrons. The molecule has 0 aliphatic heterocycles. The van der Waals surface area contributed by atoms with Crippen molar-refractivity contribution < 1.29 is 19.0 Å². The molecule has 0 spiro atoms. The lowest BCUT2D eigenvalue weighted by Gasteiger charge is -2.11. The minimum absolute atomic E-state index is 0.0230. The van der Waals surface area contributed by atoms with Gasteiger partial charge in [0, 0.05) is 10.6 Å². The third-order valence-electron chi connectivity index (χ3n) is 2.69. The fourth-order valence-electron chi connectivity index (χ4n) is 1.77. The minimum Gasteiger partial charge on any atom is -0.481 e. The van der Waals surface area contributed by atoms with Crippen LogP contribution in [0.1, 0.15) is 11.1 Å². The van der Waals surface area contributed by atoms with Crippen molar-refractivity contribution in [2.45, 2.75) is 6.42 Å². The first kappa shape index (κ1) is 16.1. The molecule has 0 atom stereocenters. The number of halogens is 3. The van der Waals surface area contributed by atoms with Gasteiger partial charge in [-0.1, -0.05) is 29.3 Å². The third-order valence-corrected chi connectivity index (χ3v) is 3.21. The molecule has 4 nitrogen and oxygen atoms in total. The number of rotatable bonds is 4. The summed E-state index contributed by atoms with van der Waals surface area (Å²) in [5.74, 6) is -2.24. The summed E-state index contributed by atoms with van der Waals surface area (Å²) in [4.78, 5) is 10.7. The Labute approximate surface area is 135 Å². The first-order valence-electron chi connectivity index (χ1n) is 5.98. The van der Waals surface area contributed by atoms with Gasteiger partial charge < -0.3 is 9.84 Å². The van der Waals surface area contributed by atoms with Crippen molar-refractivity contribution in [3.63, 3.8) is 0 Å². The van der Waals surface area contributed by atoms with Gasteiger partial charge in [0.1, 0.15) is 5.75 Å². The molecule has 2 rings (SSSR count). The van der Waals surface area contributed by atoms with Crippen molar-refractivity contribution in [1.29, 1.82) is 5.26 Å². The predicted octanol–water partition coefficient (Wildman–Crippen LogP) is 4.42. The van der Waals surface area contributed by atoms with Gasteiger partial charge in [0.2, 0.25) is 0 Å². The Morgan fingerprint density at radius 3 is 2.68 bits per heavy atom. The highest BCUT2D eigenvalue weighted by Gasteiger charge is 2.17. The summed E-state index contributed by atoms with van der Waals surface area (Å²) in [5, 5.41) is 17.8. The molecule has 0 amide bonds. The summed E-state index contributed by atoms with van der Waals surface area (Å²) in [7, 11) is 0. The molecule has 2 aromatic rings. The number of nitrogens with zero attached hydrogens (tertiary/aromatic N) is 1. The Morgan fingerprint density at radius 2 is 2.05 bits per heavy atom. The van der Waals surface area contributed by atoms with Gasteiger partial charge >= 0.3 is 5.97 Å². The van der Waals surface area contributed by atoms with E-state index in [-0.39, 0.29) is 32.7 Å². The number of ether oxygens (including phenoxy) is 1. The van der Waals surface area contributed by atoms with Crippen LogP contribution in [0.4, 0.5) is 4.39 Å². The maximum absolute atomic E-state index is 14.3. The van der Waals surface area contributed by atoms with Crippen molar-refractivity contribution in [3.8, 4) is 17.6 Å². The zero-order valence-corrected chi connectivity index (χ0v) is 12.5. The number of carboxylic acid groups (broad SMARTS) is 1. The van der Waals surface area contributed by atoms with E-state index in [1.54, 1.807) is 0 Å². The number of carbonyl (C=O) groups is 1. The smallest absolute Gasteiger partial charge is 0.307 e. The van der Waals surface area contributed by atoms with Crippen LogP contribution in [0.2, 0.25) is 10.0 Å². The number of aliphatic carboxylic acids is 1. The largest absolute Gasteiger partial charge is 0.481 e. The van der Waals surface area contributed by atoms with Crippen molar-refractivity contribution >= 4 is 29.2 Å². The van der Waals surface area contributed by atoms with E-state index in [4.69, 9.17) is 38.3 Å². The summed E-state index contributed by atoms with van der Waals surface area (Å²) < 4.78 is 19.6. The normalized spacial score (nSPS) is 10.1. The van der Waals surface area contributed by atoms with E-state index in [0.717, 1.165) is 0 Å². The quantitative estimate of drug-likeness (QED) is 0.894. The first-order chi connectivity index (χ1) is 10.4. The van der Waals surface area contributed by atoms with E-state index in [1.807, 2.05) is 6.07 Å². The molecule has 0 aliphatic carbocycles. The minimum atomic E-state index is -1.18. The highest BCUT2D eigenvalue weighted by atomic mass is 35.5. The molecule has 0 saturated heterocycles. The Kier molecular flexibility index (Phi) is 4.86. The highest BCUT2D eigenvalue weighted by Crippen LogP contribution is 2.35. The van der Waals surface area contributed by atoms with Gasteiger partial charge in [0.25, 0.3) is 0 Å². The molecule has 1 N–H and O–H groups in total. The second-order valence-corrected chi connectivity index (χ2v) is 5.15. The Bertz CT molecular complexity index is 787. The van der Waals surface area contributed by atoms with Crippen LogP contribution in [-0.4, -0.2) is 11.1 Å². The van der Waals surface area contributed by atoms with Crippen LogP contribution in [0.15, 0.2) is 30.3 Å². The van der Waals surface area contributed by atoms with Crippen molar-refractivity contribution in [2.75, 3.05) is 0 Å². The van der Waals surface area contributed by atoms with E-state index in [1.165, 1.54) is 30.3 Å². The molecule has 22 heavy (non-hydrogen) atoms. The van der Waals surface area contributed by atoms with E-state index in [9.17, 15) is 9.18 Å². The number of nitriles is 1. The average Bonchev–Trinajstić information content (AvgIpc) is 2.45. The van der Waals surface area contributed by atoms with Crippen LogP contribution in [0.25, 0.3) is 0 Å². The monoisotopic (exact) mass is 339 g/mol. The second-order valence-electron chi connectivity index (χ2n) is 4.31. The lowest BCUT2D eigenvalue weighted by Crippen LogP contribution is -2.04. The molecule has 0 saturated carbocycles. The predicted molar refractivity (Wildman–Crippen MR) is 79.0 cm³/mol. The van der Waals surface area contributed by atoms with Gasteiger partial charge in [-0.3, -0.25) is 4.79 Å². The average molecular weight is 340 g/mol. The van der Waals surface area contributed by atoms with Crippen LogP contribution in [0.3, 0.4) is 0 Å². The van der Waals surface area contributed by atoms with Gasteiger partial charge in [0.05, 0.1) is 23.1 Å². The molecule has 0 fully saturated rings. The maximum Gasteiger partial charge on any atom is 0.307 e. The summed E-state index contributed by atoms with van der Waals surface area (Å²) in [6.07, 6.45) is -0.502. The number of benzene rings is 2. The molecule has 0 aliphatic rings. The molecule has 7 heteroatoms. The van der Waals surface area contributed by atoms with E-state index >= 15 is 0 Å². The van der Waals surface area contributed by atoms with Crippen LogP contribution in [0, 0.1) is 17.1 Å². The van der Waals surface area contributed by atoms with Gasteiger partial charge in [-0.25, -0.2) is 4.39 Å². The third kappa shape index (κ3) is 3.67. The molecule has 0 aromatic heterocycles. The van der Waals surface area contributed by atoms with Crippen molar-refractivity contribution in [1.82, 2.24) is 0 Å². The molecule has 112 valence electrons. The summed E-state index contributed by atoms with van der Waals surface area (Å²) >= 11 is 11.7. The molecule has 0 bridgehead atoms. The molecule has 2 aromatic carbocycles. The van der Waals surface area contributed by atoms with E-state index in [2.05, 4.69) is 0 Å². The Morgan fingerprint density at radius 1 is 1.32 bits per heavy atom. The number of hydrogen-bond acceptors (Lipinski definition) is 3. The molecular formula is C15H8Cl2FNO3. The highest BCUT2D eigenvalue weighted by molar-refractivity contribution is 6.32. The first-order valence-corrected chi connectivity index (χ1v) is 6.73. The Balaban J connectivity index is 2.43. The van der Waals surface area contributed by atoms with Crippen LogP contribution in [-0.2, 0) is 11.2 Å². The molecule has 0 unspecified atom stereocenters. The standard InChI is InChI=1S/C15H8Cl2FNO3/c16-10-3-8(7-19)4-11(6-10)22-15-12(17)2-1-9(14(15)18)5-13(20)21/h1-4,6H,5H2,(H,20,21). The Hall–Kier alpha value is -2.29. The topological polar surface area (TPSA) is 70.3 Å². The van der Waals surface area contributed by atoms with E-state index in [0.29, 0.717) is 0 Å². The maximum atomic E-state index is 14.3. The van der Waals surface area contributed by atoms with Gasteiger partial charge in [-0.2, -0.15) is 5.26 Å². The SMILES string of the molecule is N#Cc1cc(Cl)cc(Oc2c(Cl)ccc(CC(=O)O)c2F)c1. The summed E-state index contributed by atoms with van der Waals surface area (Å²) in [6.45, 7) is 0. The van der Waals surface area contributed by atoms with E-state index < -0.39 is 18.2 Å². The van der Waals surface area contributed by atoms with Crippen molar-refractivity contribution in [3.05, 3.63) is 57.3 Å². The van der Waals surface area contributed by atoms with Gasteiger partial charge in [0.15, 0.2) is 11.6 Å². The van der Waals surface area contributed by atoms with Crippen LogP contribution >= 0.6 is 23.2 Å². The van der Waals surface area contributed by atoms with Crippen molar-refractivity contribution in [2.24, 2.45) is 0 Å². The number of hydrogen-bond donors (Lipinski definition) is 1. The summed E-state index contributed by atoms with van der Waals surface area (Å²) in [5.41, 5.74) is 0.176. The molecule has 0 heterocycles. The molecular weight excluding hydrogens is 332 g/mol. The summed E-state index contributed by atoms with van der Waals surface area (Å²) in [6, 6.07) is 8.69. The zero-order chi connectivity index (χ0) is 16.3. The lowest BCUT2D eigenvalue weighted by molar-refractivity contribution is -0.136. The lowest BCUT2D eigenvalue weighted by atomic mass is 10.1. The second kappa shape index (κ2) is 6.65. The zero-order valence-electron chi connectivity index (χ0n) is 10.9.